The minimum atomic E-state index is 0.837. The Morgan fingerprint density at radius 3 is 2.89 bits per heavy atom. The average molecular weight is 123 g/mol. The molecule has 1 aliphatic rings. The van der Waals surface area contributed by atoms with Crippen molar-refractivity contribution in [1.82, 2.24) is 5.32 Å². The molecule has 0 aromatic heterocycles. The molecule has 1 nitrogen and oxygen atoms in total. The summed E-state index contributed by atoms with van der Waals surface area (Å²) >= 11 is 0. The Bertz CT molecular complexity index is 125. The van der Waals surface area contributed by atoms with Gasteiger partial charge in [-0.2, -0.15) is 0 Å². The molecule has 0 aliphatic heterocycles. The smallest absolute Gasteiger partial charge is 0.0214 e. The van der Waals surface area contributed by atoms with Gasteiger partial charge in [0.05, 0.1) is 0 Å². The summed E-state index contributed by atoms with van der Waals surface area (Å²) in [4.78, 5) is 0. The molecule has 1 rings (SSSR count). The average Bonchev–Trinajstić information content (AvgIpc) is 2.63. The molecule has 0 unspecified atom stereocenters. The minimum absolute atomic E-state index is 0.837. The van der Waals surface area contributed by atoms with E-state index < -0.39 is 0 Å². The van der Waals surface area contributed by atoms with Crippen LogP contribution in [0.25, 0.3) is 0 Å². The fourth-order valence-corrected chi connectivity index (χ4v) is 0.751. The summed E-state index contributed by atoms with van der Waals surface area (Å²) < 4.78 is 0. The van der Waals surface area contributed by atoms with Crippen LogP contribution in [0.15, 0.2) is 0 Å². The Balaban J connectivity index is 1.84. The van der Waals surface area contributed by atoms with Crippen molar-refractivity contribution in [3.63, 3.8) is 0 Å². The first-order valence-corrected chi connectivity index (χ1v) is 3.56. The predicted octanol–water partition coefficient (Wildman–Crippen LogP) is 1.15. The van der Waals surface area contributed by atoms with E-state index in [9.17, 15) is 0 Å². The number of hydrogen-bond donors (Lipinski definition) is 1. The lowest BCUT2D eigenvalue weighted by molar-refractivity contribution is 0.696. The quantitative estimate of drug-likeness (QED) is 0.438. The maximum atomic E-state index is 3.39. The SMILES string of the molecule is CC#CCCNC1CC1. The predicted molar refractivity (Wildman–Crippen MR) is 39.1 cm³/mol. The molecular formula is C8H13N. The van der Waals surface area contributed by atoms with Crippen LogP contribution in [0.4, 0.5) is 0 Å². The van der Waals surface area contributed by atoms with Gasteiger partial charge in [0.1, 0.15) is 0 Å². The van der Waals surface area contributed by atoms with Crippen LogP contribution in [-0.2, 0) is 0 Å². The van der Waals surface area contributed by atoms with Gasteiger partial charge >= 0.3 is 0 Å². The van der Waals surface area contributed by atoms with Gasteiger partial charge in [-0.1, -0.05) is 0 Å². The Kier molecular flexibility index (Phi) is 2.60. The van der Waals surface area contributed by atoms with Crippen LogP contribution in [-0.4, -0.2) is 12.6 Å². The third-order valence-electron chi connectivity index (χ3n) is 1.44. The summed E-state index contributed by atoms with van der Waals surface area (Å²) in [5.74, 6) is 5.89. The molecule has 0 aromatic rings. The lowest BCUT2D eigenvalue weighted by Gasteiger charge is -1.94. The number of hydrogen-bond acceptors (Lipinski definition) is 1. The van der Waals surface area contributed by atoms with Crippen molar-refractivity contribution in [2.24, 2.45) is 0 Å². The molecule has 9 heavy (non-hydrogen) atoms. The summed E-state index contributed by atoms with van der Waals surface area (Å²) in [5.41, 5.74) is 0. The summed E-state index contributed by atoms with van der Waals surface area (Å²) in [5, 5.41) is 3.39. The third kappa shape index (κ3) is 3.16. The molecule has 0 spiro atoms. The number of rotatable bonds is 3. The van der Waals surface area contributed by atoms with Crippen LogP contribution in [0.5, 0.6) is 0 Å². The van der Waals surface area contributed by atoms with E-state index in [1.165, 1.54) is 12.8 Å². The van der Waals surface area contributed by atoms with Crippen LogP contribution in [0.3, 0.4) is 0 Å². The van der Waals surface area contributed by atoms with Crippen LogP contribution >= 0.6 is 0 Å². The van der Waals surface area contributed by atoms with E-state index in [0.717, 1.165) is 19.0 Å². The molecule has 0 heterocycles. The molecule has 0 saturated heterocycles. The van der Waals surface area contributed by atoms with Gasteiger partial charge in [-0.05, 0) is 19.8 Å². The third-order valence-corrected chi connectivity index (χ3v) is 1.44. The molecule has 1 N–H and O–H groups in total. The molecule has 0 atom stereocenters. The highest BCUT2D eigenvalue weighted by Gasteiger charge is 2.19. The van der Waals surface area contributed by atoms with Crippen LogP contribution in [0.2, 0.25) is 0 Å². The molecule has 1 aliphatic carbocycles. The van der Waals surface area contributed by atoms with Gasteiger partial charge in [0.15, 0.2) is 0 Å². The molecule has 0 amide bonds. The fraction of sp³-hybridized carbons (Fsp3) is 0.750. The van der Waals surface area contributed by atoms with Gasteiger partial charge in [-0.3, -0.25) is 0 Å². The monoisotopic (exact) mass is 123 g/mol. The van der Waals surface area contributed by atoms with Gasteiger partial charge in [0.2, 0.25) is 0 Å². The molecule has 0 aromatic carbocycles. The topological polar surface area (TPSA) is 12.0 Å². The summed E-state index contributed by atoms with van der Waals surface area (Å²) in [6.07, 6.45) is 3.76. The second kappa shape index (κ2) is 3.53. The van der Waals surface area contributed by atoms with Crippen molar-refractivity contribution in [1.29, 1.82) is 0 Å². The number of nitrogens with one attached hydrogen (secondary N) is 1. The van der Waals surface area contributed by atoms with E-state index in [2.05, 4.69) is 17.2 Å². The Labute approximate surface area is 56.8 Å². The van der Waals surface area contributed by atoms with Gasteiger partial charge in [0.25, 0.3) is 0 Å². The van der Waals surface area contributed by atoms with Crippen molar-refractivity contribution in [2.75, 3.05) is 6.54 Å². The first-order chi connectivity index (χ1) is 4.43. The molecule has 1 heteroatoms. The second-order valence-electron chi connectivity index (χ2n) is 2.41. The van der Waals surface area contributed by atoms with Crippen molar-refractivity contribution < 1.29 is 0 Å². The van der Waals surface area contributed by atoms with Gasteiger partial charge in [0, 0.05) is 19.0 Å². The maximum Gasteiger partial charge on any atom is 0.0214 e. The molecule has 50 valence electrons. The van der Waals surface area contributed by atoms with Crippen molar-refractivity contribution in [3.05, 3.63) is 0 Å². The molecule has 0 bridgehead atoms. The highest BCUT2D eigenvalue weighted by atomic mass is 14.9. The Hall–Kier alpha value is -0.480. The van der Waals surface area contributed by atoms with Crippen molar-refractivity contribution >= 4 is 0 Å². The Morgan fingerprint density at radius 2 is 2.33 bits per heavy atom. The lowest BCUT2D eigenvalue weighted by atomic mass is 10.4. The van der Waals surface area contributed by atoms with Crippen LogP contribution in [0, 0.1) is 11.8 Å². The molecule has 1 saturated carbocycles. The fourth-order valence-electron chi connectivity index (χ4n) is 0.751. The van der Waals surface area contributed by atoms with Gasteiger partial charge in [-0.15, -0.1) is 11.8 Å². The van der Waals surface area contributed by atoms with Crippen molar-refractivity contribution in [3.8, 4) is 11.8 Å². The van der Waals surface area contributed by atoms with Gasteiger partial charge in [-0.25, -0.2) is 0 Å². The summed E-state index contributed by atoms with van der Waals surface area (Å²) in [6.45, 7) is 2.96. The van der Waals surface area contributed by atoms with Crippen LogP contribution < -0.4 is 5.32 Å². The first kappa shape index (κ1) is 6.64. The first-order valence-electron chi connectivity index (χ1n) is 3.56. The summed E-state index contributed by atoms with van der Waals surface area (Å²) in [7, 11) is 0. The van der Waals surface area contributed by atoms with Crippen LogP contribution in [0.1, 0.15) is 26.2 Å². The van der Waals surface area contributed by atoms with Gasteiger partial charge < -0.3 is 5.32 Å². The minimum Gasteiger partial charge on any atom is -0.313 e. The molecular weight excluding hydrogens is 110 g/mol. The van der Waals surface area contributed by atoms with E-state index >= 15 is 0 Å². The Morgan fingerprint density at radius 1 is 1.56 bits per heavy atom. The standard InChI is InChI=1S/C8H13N/c1-2-3-4-7-9-8-5-6-8/h8-9H,4-7H2,1H3. The van der Waals surface area contributed by atoms with E-state index in [1.807, 2.05) is 6.92 Å². The lowest BCUT2D eigenvalue weighted by Crippen LogP contribution is -2.16. The van der Waals surface area contributed by atoms with E-state index in [4.69, 9.17) is 0 Å². The second-order valence-corrected chi connectivity index (χ2v) is 2.41. The largest absolute Gasteiger partial charge is 0.313 e. The molecule has 1 fully saturated rings. The maximum absolute atomic E-state index is 3.39. The van der Waals surface area contributed by atoms with Crippen molar-refractivity contribution in [2.45, 2.75) is 32.2 Å². The zero-order valence-electron chi connectivity index (χ0n) is 5.91. The zero-order valence-corrected chi connectivity index (χ0v) is 5.91. The highest BCUT2D eigenvalue weighted by Crippen LogP contribution is 2.17. The summed E-state index contributed by atoms with van der Waals surface area (Å²) in [6, 6.07) is 0.837. The highest BCUT2D eigenvalue weighted by molar-refractivity contribution is 4.95. The van der Waals surface area contributed by atoms with E-state index in [0.29, 0.717) is 0 Å². The normalized spacial score (nSPS) is 16.6. The van der Waals surface area contributed by atoms with E-state index in [-0.39, 0.29) is 0 Å². The van der Waals surface area contributed by atoms with E-state index in [1.54, 1.807) is 0 Å². The molecule has 0 radical (unpaired) electrons. The zero-order chi connectivity index (χ0) is 6.53.